The quantitative estimate of drug-likeness (QED) is 0.394. The Morgan fingerprint density at radius 1 is 1.25 bits per heavy atom. The number of hydrogen-bond acceptors (Lipinski definition) is 4. The number of amides is 1. The molecule has 0 saturated carbocycles. The largest absolute Gasteiger partial charge is 0.492 e. The number of hydrogen-bond donors (Lipinski definition) is 1. The Hall–Kier alpha value is -1.63. The van der Waals surface area contributed by atoms with E-state index in [0.717, 1.165) is 20.4 Å². The predicted molar refractivity (Wildman–Crippen MR) is 121 cm³/mol. The molecule has 148 valence electrons. The Morgan fingerprint density at radius 2 is 2.04 bits per heavy atom. The van der Waals surface area contributed by atoms with Crippen LogP contribution in [0.3, 0.4) is 0 Å². The number of rotatable bonds is 6. The molecule has 1 N–H and O–H groups in total. The van der Waals surface area contributed by atoms with Gasteiger partial charge < -0.3 is 10.1 Å². The third-order valence-electron chi connectivity index (χ3n) is 4.20. The fraction of sp³-hybridized carbons (Fsp3) is 0.333. The molecule has 0 aliphatic carbocycles. The number of thiazole rings is 1. The first-order chi connectivity index (χ1) is 13.2. The summed E-state index contributed by atoms with van der Waals surface area (Å²) in [4.78, 5) is 16.6. The third kappa shape index (κ3) is 5.46. The number of halogens is 2. The lowest BCUT2D eigenvalue weighted by Crippen LogP contribution is -2.13. The van der Waals surface area contributed by atoms with Gasteiger partial charge in [-0.05, 0) is 63.7 Å². The molecule has 7 heteroatoms. The van der Waals surface area contributed by atoms with Crippen LogP contribution < -0.4 is 10.1 Å². The van der Waals surface area contributed by atoms with E-state index in [9.17, 15) is 4.79 Å². The van der Waals surface area contributed by atoms with Crippen molar-refractivity contribution in [2.24, 2.45) is 0 Å². The minimum absolute atomic E-state index is 0.0732. The Morgan fingerprint density at radius 3 is 2.75 bits per heavy atom. The molecule has 4 nitrogen and oxygen atoms in total. The first-order valence-corrected chi connectivity index (χ1v) is 11.0. The highest BCUT2D eigenvalue weighted by molar-refractivity contribution is 9.10. The zero-order valence-corrected chi connectivity index (χ0v) is 19.2. The second-order valence-electron chi connectivity index (χ2n) is 7.53. The van der Waals surface area contributed by atoms with Crippen LogP contribution in [0.2, 0.25) is 5.02 Å². The molecule has 1 heterocycles. The van der Waals surface area contributed by atoms with Gasteiger partial charge in [0.15, 0.2) is 5.13 Å². The zero-order chi connectivity index (χ0) is 20.3. The van der Waals surface area contributed by atoms with Gasteiger partial charge in [0, 0.05) is 11.4 Å². The number of benzene rings is 2. The van der Waals surface area contributed by atoms with Gasteiger partial charge in [0.05, 0.1) is 21.3 Å². The summed E-state index contributed by atoms with van der Waals surface area (Å²) in [5.74, 6) is 0.715. The number of nitrogens with zero attached hydrogens (tertiary/aromatic N) is 1. The summed E-state index contributed by atoms with van der Waals surface area (Å²) in [5, 5.41) is 4.09. The lowest BCUT2D eigenvalue weighted by molar-refractivity contribution is -0.116. The van der Waals surface area contributed by atoms with Gasteiger partial charge in [0.1, 0.15) is 5.75 Å². The molecule has 3 aromatic rings. The van der Waals surface area contributed by atoms with Crippen molar-refractivity contribution in [1.29, 1.82) is 0 Å². The first kappa shape index (κ1) is 21.1. The fourth-order valence-corrected chi connectivity index (χ4v) is 4.28. The van der Waals surface area contributed by atoms with Crippen LogP contribution in [-0.4, -0.2) is 17.5 Å². The van der Waals surface area contributed by atoms with E-state index in [2.05, 4.69) is 59.1 Å². The molecular formula is C21H22BrClN2O2S. The maximum atomic E-state index is 12.2. The molecule has 3 rings (SSSR count). The number of ether oxygens (including phenoxy) is 1. The molecule has 0 aliphatic heterocycles. The topological polar surface area (TPSA) is 51.2 Å². The lowest BCUT2D eigenvalue weighted by atomic mass is 9.87. The summed E-state index contributed by atoms with van der Waals surface area (Å²) in [6.07, 6.45) is 0.990. The summed E-state index contributed by atoms with van der Waals surface area (Å²) in [7, 11) is 0. The number of anilines is 1. The molecule has 0 saturated heterocycles. The molecule has 0 unspecified atom stereocenters. The average Bonchev–Trinajstić information content (AvgIpc) is 3.00. The van der Waals surface area contributed by atoms with E-state index in [-0.39, 0.29) is 11.3 Å². The zero-order valence-electron chi connectivity index (χ0n) is 16.0. The van der Waals surface area contributed by atoms with E-state index in [0.29, 0.717) is 29.6 Å². The van der Waals surface area contributed by atoms with Crippen molar-refractivity contribution in [3.8, 4) is 5.75 Å². The number of aromatic nitrogens is 1. The number of nitrogens with one attached hydrogen (secondary N) is 1. The van der Waals surface area contributed by atoms with Gasteiger partial charge in [0.2, 0.25) is 5.91 Å². The second kappa shape index (κ2) is 8.80. The molecular weight excluding hydrogens is 460 g/mol. The van der Waals surface area contributed by atoms with Gasteiger partial charge in [-0.15, -0.1) is 0 Å². The molecule has 0 fully saturated rings. The van der Waals surface area contributed by atoms with Crippen molar-refractivity contribution in [3.05, 3.63) is 51.5 Å². The van der Waals surface area contributed by atoms with E-state index in [4.69, 9.17) is 16.3 Å². The third-order valence-corrected chi connectivity index (χ3v) is 5.99. The van der Waals surface area contributed by atoms with Gasteiger partial charge in [-0.2, -0.15) is 0 Å². The summed E-state index contributed by atoms with van der Waals surface area (Å²) in [5.41, 5.74) is 2.16. The number of fused-ring (bicyclic) bond motifs is 1. The van der Waals surface area contributed by atoms with Crippen LogP contribution in [0.15, 0.2) is 40.9 Å². The van der Waals surface area contributed by atoms with Gasteiger partial charge in [-0.3, -0.25) is 4.79 Å². The fourth-order valence-electron chi connectivity index (χ4n) is 2.63. The molecule has 2 aromatic carbocycles. The van der Waals surface area contributed by atoms with E-state index in [1.165, 1.54) is 16.9 Å². The van der Waals surface area contributed by atoms with Crippen molar-refractivity contribution >= 4 is 60.1 Å². The molecule has 28 heavy (non-hydrogen) atoms. The van der Waals surface area contributed by atoms with Crippen LogP contribution in [0, 0.1) is 0 Å². The maximum absolute atomic E-state index is 12.2. The van der Waals surface area contributed by atoms with Crippen LogP contribution in [0.25, 0.3) is 10.2 Å². The van der Waals surface area contributed by atoms with E-state index in [1.54, 1.807) is 6.07 Å². The summed E-state index contributed by atoms with van der Waals surface area (Å²) < 4.78 is 7.69. The van der Waals surface area contributed by atoms with Crippen molar-refractivity contribution in [1.82, 2.24) is 4.98 Å². The van der Waals surface area contributed by atoms with Crippen LogP contribution in [0.4, 0.5) is 5.13 Å². The van der Waals surface area contributed by atoms with Gasteiger partial charge in [-0.25, -0.2) is 4.98 Å². The minimum Gasteiger partial charge on any atom is -0.492 e. The van der Waals surface area contributed by atoms with Gasteiger partial charge in [-0.1, -0.05) is 49.8 Å². The Bertz CT molecular complexity index is 998. The summed E-state index contributed by atoms with van der Waals surface area (Å²) in [6, 6.07) is 11.6. The SMILES string of the molecule is CC(C)(C)c1ccc(OCCCC(=O)Nc2nc3ccc(Cl)cc3s2)c(Br)c1. The van der Waals surface area contributed by atoms with Crippen LogP contribution in [-0.2, 0) is 10.2 Å². The van der Waals surface area contributed by atoms with Crippen LogP contribution in [0.1, 0.15) is 39.2 Å². The van der Waals surface area contributed by atoms with Gasteiger partial charge in [0.25, 0.3) is 0 Å². The van der Waals surface area contributed by atoms with Crippen LogP contribution >= 0.6 is 38.9 Å². The predicted octanol–water partition coefficient (Wildman–Crippen LogP) is 6.81. The van der Waals surface area contributed by atoms with Crippen molar-refractivity contribution in [2.45, 2.75) is 39.0 Å². The molecule has 0 spiro atoms. The highest BCUT2D eigenvalue weighted by atomic mass is 79.9. The van der Waals surface area contributed by atoms with E-state index >= 15 is 0 Å². The number of carbonyl (C=O) groups is 1. The Balaban J connectivity index is 1.47. The highest BCUT2D eigenvalue weighted by Crippen LogP contribution is 2.32. The van der Waals surface area contributed by atoms with Crippen molar-refractivity contribution < 1.29 is 9.53 Å². The van der Waals surface area contributed by atoms with Crippen molar-refractivity contribution in [3.63, 3.8) is 0 Å². The monoisotopic (exact) mass is 480 g/mol. The molecule has 0 bridgehead atoms. The molecule has 0 radical (unpaired) electrons. The highest BCUT2D eigenvalue weighted by Gasteiger charge is 2.15. The van der Waals surface area contributed by atoms with E-state index < -0.39 is 0 Å². The molecule has 1 amide bonds. The Labute approximate surface area is 182 Å². The standard InChI is InChI=1S/C21H22BrClN2O2S/c1-21(2,3)13-6-9-17(15(22)11-13)27-10-4-5-19(26)25-20-24-16-8-7-14(23)12-18(16)28-20/h6-9,11-12H,4-5,10H2,1-3H3,(H,24,25,26). The number of carbonyl (C=O) groups excluding carboxylic acids is 1. The Kier molecular flexibility index (Phi) is 6.63. The average molecular weight is 482 g/mol. The normalized spacial score (nSPS) is 11.6. The van der Waals surface area contributed by atoms with Gasteiger partial charge >= 0.3 is 0 Å². The minimum atomic E-state index is -0.0732. The second-order valence-corrected chi connectivity index (χ2v) is 9.85. The van der Waals surface area contributed by atoms with E-state index in [1.807, 2.05) is 18.2 Å². The molecule has 0 atom stereocenters. The smallest absolute Gasteiger partial charge is 0.226 e. The lowest BCUT2D eigenvalue weighted by Gasteiger charge is -2.20. The van der Waals surface area contributed by atoms with Crippen LogP contribution in [0.5, 0.6) is 5.75 Å². The maximum Gasteiger partial charge on any atom is 0.226 e. The van der Waals surface area contributed by atoms with Crippen molar-refractivity contribution in [2.75, 3.05) is 11.9 Å². The molecule has 1 aromatic heterocycles. The first-order valence-electron chi connectivity index (χ1n) is 9.01. The molecule has 0 aliphatic rings. The summed E-state index contributed by atoms with van der Waals surface area (Å²) in [6.45, 7) is 6.99. The summed E-state index contributed by atoms with van der Waals surface area (Å²) >= 11 is 11.0.